The van der Waals surface area contributed by atoms with Gasteiger partial charge in [-0.05, 0) is 25.2 Å². The van der Waals surface area contributed by atoms with E-state index in [1.54, 1.807) is 19.4 Å². The number of aromatic nitrogens is 1. The lowest BCUT2D eigenvalue weighted by molar-refractivity contribution is 0.306. The van der Waals surface area contributed by atoms with Crippen LogP contribution in [-0.4, -0.2) is 24.0 Å². The van der Waals surface area contributed by atoms with E-state index in [0.29, 0.717) is 0 Å². The monoisotopic (exact) mass is 276 g/mol. The Hall–Kier alpha value is -1.58. The summed E-state index contributed by atoms with van der Waals surface area (Å²) in [6.07, 6.45) is 1.73. The molecule has 0 bridgehead atoms. The van der Waals surface area contributed by atoms with Gasteiger partial charge in [0.05, 0.1) is 12.8 Å². The molecule has 0 saturated carbocycles. The van der Waals surface area contributed by atoms with Crippen LogP contribution in [0.4, 0.5) is 0 Å². The molecule has 0 atom stereocenters. The Morgan fingerprint density at radius 1 is 1.21 bits per heavy atom. The van der Waals surface area contributed by atoms with Crippen LogP contribution in [0, 0.1) is 0 Å². The topological polar surface area (TPSA) is 25.4 Å². The van der Waals surface area contributed by atoms with Gasteiger partial charge in [0.1, 0.15) is 5.75 Å². The summed E-state index contributed by atoms with van der Waals surface area (Å²) < 4.78 is 5.35. The van der Waals surface area contributed by atoms with Gasteiger partial charge in [-0.2, -0.15) is 0 Å². The maximum Gasteiger partial charge on any atom is 0.123 e. The summed E-state index contributed by atoms with van der Waals surface area (Å²) in [5.74, 6) is 0.911. The highest BCUT2D eigenvalue weighted by atomic mass is 35.5. The zero-order valence-corrected chi connectivity index (χ0v) is 11.9. The second kappa shape index (κ2) is 6.55. The first-order chi connectivity index (χ1) is 9.19. The summed E-state index contributed by atoms with van der Waals surface area (Å²) in [7, 11) is 3.74. The molecule has 0 amide bonds. The minimum atomic E-state index is 0.718. The quantitative estimate of drug-likeness (QED) is 0.837. The molecule has 1 heterocycles. The molecule has 3 nitrogen and oxygen atoms in total. The highest BCUT2D eigenvalue weighted by Gasteiger charge is 2.07. The Bertz CT molecular complexity index is 545. The number of para-hydroxylation sites is 1. The second-order valence-electron chi connectivity index (χ2n) is 4.45. The average molecular weight is 277 g/mol. The maximum absolute atomic E-state index is 5.96. The molecular formula is C15H17ClN2O. The van der Waals surface area contributed by atoms with Crippen molar-refractivity contribution in [1.82, 2.24) is 9.88 Å². The summed E-state index contributed by atoms with van der Waals surface area (Å²) >= 11 is 5.96. The predicted molar refractivity (Wildman–Crippen MR) is 77.4 cm³/mol. The van der Waals surface area contributed by atoms with Crippen LogP contribution in [-0.2, 0) is 13.1 Å². The highest BCUT2D eigenvalue weighted by molar-refractivity contribution is 6.30. The van der Waals surface area contributed by atoms with E-state index in [9.17, 15) is 0 Å². The van der Waals surface area contributed by atoms with Crippen molar-refractivity contribution in [3.63, 3.8) is 0 Å². The van der Waals surface area contributed by atoms with Crippen LogP contribution in [0.25, 0.3) is 0 Å². The lowest BCUT2D eigenvalue weighted by Gasteiger charge is -2.18. The van der Waals surface area contributed by atoms with E-state index in [0.717, 1.165) is 35.1 Å². The van der Waals surface area contributed by atoms with Gasteiger partial charge >= 0.3 is 0 Å². The van der Waals surface area contributed by atoms with Crippen molar-refractivity contribution < 1.29 is 4.74 Å². The molecule has 19 heavy (non-hydrogen) atoms. The fourth-order valence-electron chi connectivity index (χ4n) is 1.99. The minimum absolute atomic E-state index is 0.718. The third kappa shape index (κ3) is 3.94. The van der Waals surface area contributed by atoms with E-state index in [4.69, 9.17) is 16.3 Å². The third-order valence-corrected chi connectivity index (χ3v) is 3.08. The van der Waals surface area contributed by atoms with Gasteiger partial charge in [0.25, 0.3) is 0 Å². The number of ether oxygens (including phenoxy) is 1. The van der Waals surface area contributed by atoms with Crippen molar-refractivity contribution >= 4 is 11.6 Å². The molecular weight excluding hydrogens is 260 g/mol. The molecule has 2 aromatic rings. The van der Waals surface area contributed by atoms with Gasteiger partial charge in [0, 0.05) is 29.9 Å². The maximum atomic E-state index is 5.96. The summed E-state index contributed by atoms with van der Waals surface area (Å²) in [5, 5.41) is 0.718. The minimum Gasteiger partial charge on any atom is -0.496 e. The highest BCUT2D eigenvalue weighted by Crippen LogP contribution is 2.19. The number of benzene rings is 1. The Balaban J connectivity index is 2.03. The molecule has 0 aliphatic heterocycles. The van der Waals surface area contributed by atoms with Crippen molar-refractivity contribution in [3.8, 4) is 5.75 Å². The van der Waals surface area contributed by atoms with Crippen LogP contribution in [0.15, 0.2) is 42.6 Å². The van der Waals surface area contributed by atoms with Crippen molar-refractivity contribution in [3.05, 3.63) is 58.9 Å². The van der Waals surface area contributed by atoms with Crippen LogP contribution in [0.2, 0.25) is 5.02 Å². The Morgan fingerprint density at radius 2 is 2.00 bits per heavy atom. The fourth-order valence-corrected chi connectivity index (χ4v) is 2.17. The van der Waals surface area contributed by atoms with E-state index in [1.165, 1.54) is 0 Å². The van der Waals surface area contributed by atoms with E-state index < -0.39 is 0 Å². The molecule has 0 radical (unpaired) electrons. The number of halogens is 1. The second-order valence-corrected chi connectivity index (χ2v) is 4.89. The van der Waals surface area contributed by atoms with Gasteiger partial charge in [0.2, 0.25) is 0 Å². The van der Waals surface area contributed by atoms with Crippen LogP contribution in [0.5, 0.6) is 5.75 Å². The zero-order chi connectivity index (χ0) is 13.7. The molecule has 100 valence electrons. The summed E-state index contributed by atoms with van der Waals surface area (Å²) in [6, 6.07) is 11.7. The standard InChI is InChI=1S/C15H17ClN2O/c1-18(11-14-9-13(16)7-8-17-14)10-12-5-3-4-6-15(12)19-2/h3-9H,10-11H2,1-2H3. The van der Waals surface area contributed by atoms with Gasteiger partial charge < -0.3 is 4.74 Å². The van der Waals surface area contributed by atoms with Crippen molar-refractivity contribution in [1.29, 1.82) is 0 Å². The third-order valence-electron chi connectivity index (χ3n) is 2.84. The molecule has 4 heteroatoms. The molecule has 2 rings (SSSR count). The van der Waals surface area contributed by atoms with Crippen LogP contribution < -0.4 is 4.74 Å². The molecule has 0 unspecified atom stereocenters. The van der Waals surface area contributed by atoms with Crippen molar-refractivity contribution in [2.45, 2.75) is 13.1 Å². The van der Waals surface area contributed by atoms with Crippen molar-refractivity contribution in [2.75, 3.05) is 14.2 Å². The predicted octanol–water partition coefficient (Wildman–Crippen LogP) is 3.38. The summed E-state index contributed by atoms with van der Waals surface area (Å²) in [5.41, 5.74) is 2.12. The Labute approximate surface area is 118 Å². The fraction of sp³-hybridized carbons (Fsp3) is 0.267. The lowest BCUT2D eigenvalue weighted by atomic mass is 10.2. The summed E-state index contributed by atoms with van der Waals surface area (Å²) in [6.45, 7) is 1.55. The zero-order valence-electron chi connectivity index (χ0n) is 11.1. The first kappa shape index (κ1) is 13.8. The molecule has 0 aliphatic rings. The molecule has 1 aromatic heterocycles. The van der Waals surface area contributed by atoms with E-state index in [-0.39, 0.29) is 0 Å². The normalized spacial score (nSPS) is 10.7. The molecule has 1 aromatic carbocycles. The molecule has 0 saturated heterocycles. The van der Waals surface area contributed by atoms with Crippen LogP contribution in [0.3, 0.4) is 0 Å². The Kier molecular flexibility index (Phi) is 4.77. The van der Waals surface area contributed by atoms with E-state index in [2.05, 4.69) is 23.0 Å². The largest absolute Gasteiger partial charge is 0.496 e. The number of hydrogen-bond acceptors (Lipinski definition) is 3. The number of rotatable bonds is 5. The molecule has 0 spiro atoms. The van der Waals surface area contributed by atoms with Crippen LogP contribution in [0.1, 0.15) is 11.3 Å². The van der Waals surface area contributed by atoms with Crippen molar-refractivity contribution in [2.24, 2.45) is 0 Å². The number of methoxy groups -OCH3 is 1. The van der Waals surface area contributed by atoms with E-state index >= 15 is 0 Å². The van der Waals surface area contributed by atoms with Gasteiger partial charge in [0.15, 0.2) is 0 Å². The SMILES string of the molecule is COc1ccccc1CN(C)Cc1cc(Cl)ccn1. The van der Waals surface area contributed by atoms with Gasteiger partial charge in [-0.25, -0.2) is 0 Å². The molecule has 0 aliphatic carbocycles. The average Bonchev–Trinajstić information content (AvgIpc) is 2.39. The van der Waals surface area contributed by atoms with E-state index in [1.807, 2.05) is 24.3 Å². The van der Waals surface area contributed by atoms with Gasteiger partial charge in [-0.3, -0.25) is 9.88 Å². The first-order valence-electron chi connectivity index (χ1n) is 6.10. The van der Waals surface area contributed by atoms with Gasteiger partial charge in [-0.1, -0.05) is 29.8 Å². The lowest BCUT2D eigenvalue weighted by Crippen LogP contribution is -2.18. The Morgan fingerprint density at radius 3 is 2.74 bits per heavy atom. The summed E-state index contributed by atoms with van der Waals surface area (Å²) in [4.78, 5) is 6.48. The smallest absolute Gasteiger partial charge is 0.123 e. The van der Waals surface area contributed by atoms with Crippen LogP contribution >= 0.6 is 11.6 Å². The molecule has 0 N–H and O–H groups in total. The molecule has 0 fully saturated rings. The number of pyridine rings is 1. The number of hydrogen-bond donors (Lipinski definition) is 0. The van der Waals surface area contributed by atoms with Gasteiger partial charge in [-0.15, -0.1) is 0 Å². The number of nitrogens with zero attached hydrogens (tertiary/aromatic N) is 2. The first-order valence-corrected chi connectivity index (χ1v) is 6.47.